The van der Waals surface area contributed by atoms with Crippen LogP contribution in [0.5, 0.6) is 23.0 Å². The molecular weight excluding hydrogens is 644 g/mol. The monoisotopic (exact) mass is 698 g/mol. The zero-order valence-electron chi connectivity index (χ0n) is 30.8. The van der Waals surface area contributed by atoms with E-state index in [-0.39, 0.29) is 34.9 Å². The van der Waals surface area contributed by atoms with E-state index in [9.17, 15) is 15.0 Å². The summed E-state index contributed by atoms with van der Waals surface area (Å²) in [7, 11) is 1.57. The van der Waals surface area contributed by atoms with Gasteiger partial charge in [0.1, 0.15) is 23.0 Å². The number of unbranched alkanes of at least 4 members (excludes halogenated alkanes) is 2. The molecular formula is C41H54N4O6. The molecule has 0 aliphatic rings. The van der Waals surface area contributed by atoms with Gasteiger partial charge in [0, 0.05) is 36.9 Å². The molecule has 51 heavy (non-hydrogen) atoms. The van der Waals surface area contributed by atoms with Gasteiger partial charge in [-0.15, -0.1) is 0 Å². The highest BCUT2D eigenvalue weighted by Crippen LogP contribution is 2.36. The fraction of sp³-hybridized carbons (Fsp3) is 0.463. The van der Waals surface area contributed by atoms with Crippen LogP contribution in [-0.2, 0) is 4.74 Å². The summed E-state index contributed by atoms with van der Waals surface area (Å²) in [6, 6.07) is 17.2. The number of rotatable bonds is 22. The molecule has 2 atom stereocenters. The predicted octanol–water partition coefficient (Wildman–Crippen LogP) is 9.77. The van der Waals surface area contributed by atoms with Crippen LogP contribution in [0.3, 0.4) is 0 Å². The first-order valence-electron chi connectivity index (χ1n) is 18.4. The van der Waals surface area contributed by atoms with Crippen molar-refractivity contribution in [2.24, 2.45) is 11.8 Å². The van der Waals surface area contributed by atoms with Gasteiger partial charge >= 0.3 is 0 Å². The average molecular weight is 699 g/mol. The third-order valence-electron chi connectivity index (χ3n) is 9.11. The third-order valence-corrected chi connectivity index (χ3v) is 9.11. The number of nitrogens with one attached hydrogen (secondary N) is 1. The van der Waals surface area contributed by atoms with E-state index in [0.29, 0.717) is 72.0 Å². The summed E-state index contributed by atoms with van der Waals surface area (Å²) >= 11 is 0. The Labute approximate surface area is 302 Å². The Balaban J connectivity index is 1.63. The number of aromatic nitrogens is 3. The number of carbonyl (C=O) groups excluding carboxylic acids is 1. The highest BCUT2D eigenvalue weighted by Gasteiger charge is 2.18. The van der Waals surface area contributed by atoms with E-state index in [1.165, 1.54) is 0 Å². The minimum Gasteiger partial charge on any atom is -0.507 e. The molecule has 1 heterocycles. The number of Topliss-reactive ketones (excluding diaryl/α,β-unsaturated/α-hetero) is 1. The van der Waals surface area contributed by atoms with Crippen LogP contribution in [0.4, 0.5) is 11.6 Å². The summed E-state index contributed by atoms with van der Waals surface area (Å²) in [4.78, 5) is 26.4. The molecule has 1 aromatic heterocycles. The van der Waals surface area contributed by atoms with Crippen molar-refractivity contribution in [1.29, 1.82) is 0 Å². The molecule has 0 spiro atoms. The van der Waals surface area contributed by atoms with Crippen LogP contribution >= 0.6 is 0 Å². The quantitative estimate of drug-likeness (QED) is 0.0681. The van der Waals surface area contributed by atoms with E-state index >= 15 is 0 Å². The maximum atomic E-state index is 12.5. The van der Waals surface area contributed by atoms with E-state index < -0.39 is 0 Å². The molecule has 0 aliphatic heterocycles. The van der Waals surface area contributed by atoms with Crippen LogP contribution in [-0.4, -0.2) is 57.9 Å². The van der Waals surface area contributed by atoms with Crippen molar-refractivity contribution in [2.45, 2.75) is 85.5 Å². The van der Waals surface area contributed by atoms with E-state index in [2.05, 4.69) is 48.0 Å². The minimum atomic E-state index is -0.0438. The van der Waals surface area contributed by atoms with Gasteiger partial charge in [-0.2, -0.15) is 9.97 Å². The topological polar surface area (TPSA) is 136 Å². The zero-order valence-corrected chi connectivity index (χ0v) is 30.8. The molecule has 0 fully saturated rings. The highest BCUT2D eigenvalue weighted by molar-refractivity contribution is 5.96. The number of methoxy groups -OCH3 is 1. The number of carbonyl (C=O) groups is 1. The molecule has 0 saturated carbocycles. The molecule has 0 saturated heterocycles. The van der Waals surface area contributed by atoms with Gasteiger partial charge in [0.15, 0.2) is 17.4 Å². The molecule has 10 nitrogen and oxygen atoms in total. The van der Waals surface area contributed by atoms with Gasteiger partial charge in [0.05, 0.1) is 30.9 Å². The predicted molar refractivity (Wildman–Crippen MR) is 202 cm³/mol. The van der Waals surface area contributed by atoms with Crippen LogP contribution in [0.15, 0.2) is 60.7 Å². The maximum Gasteiger partial charge on any atom is 0.231 e. The van der Waals surface area contributed by atoms with Gasteiger partial charge in [-0.25, -0.2) is 4.98 Å². The Hall–Kier alpha value is -4.70. The van der Waals surface area contributed by atoms with Gasteiger partial charge in [0.2, 0.25) is 5.95 Å². The van der Waals surface area contributed by atoms with Gasteiger partial charge in [-0.3, -0.25) is 4.79 Å². The summed E-state index contributed by atoms with van der Waals surface area (Å²) in [6.07, 6.45) is 9.15. The summed E-state index contributed by atoms with van der Waals surface area (Å²) in [5.74, 6) is 2.51. The first-order chi connectivity index (χ1) is 24.8. The van der Waals surface area contributed by atoms with E-state index in [1.807, 2.05) is 0 Å². The van der Waals surface area contributed by atoms with Crippen LogP contribution in [0.25, 0.3) is 22.8 Å². The SMILES string of the molecule is CCCCC(CC)COc1ccc(-c2nc(Nc3ccc(C(=O)CCOC)cc3)nc(-c3ccc(OCC(CC)CCCC)cc3O)n2)c(O)c1. The standard InChI is InChI=1S/C41H54N4O6/c1-6-10-12-28(8-3)26-50-32-18-20-34(37(47)24-32)39-43-40(35-21-19-33(25-38(35)48)51-27-29(9-4)13-11-7-2)45-41(44-39)42-31-16-14-30(15-17-31)36(46)22-23-49-5/h14-21,24-25,28-29,47-48H,6-13,22-23,26-27H2,1-5H3,(H,42,43,44,45). The van der Waals surface area contributed by atoms with Gasteiger partial charge in [-0.1, -0.05) is 66.2 Å². The number of ether oxygens (including phenoxy) is 3. The number of anilines is 2. The van der Waals surface area contributed by atoms with Crippen LogP contribution < -0.4 is 14.8 Å². The number of nitrogens with zero attached hydrogens (tertiary/aromatic N) is 3. The summed E-state index contributed by atoms with van der Waals surface area (Å²) < 4.78 is 17.2. The molecule has 4 rings (SSSR count). The Morgan fingerprint density at radius 3 is 1.67 bits per heavy atom. The molecule has 0 amide bonds. The molecule has 4 aromatic rings. The van der Waals surface area contributed by atoms with Crippen LogP contribution in [0.2, 0.25) is 0 Å². The average Bonchev–Trinajstić information content (AvgIpc) is 3.14. The Morgan fingerprint density at radius 2 is 1.24 bits per heavy atom. The molecule has 0 aliphatic carbocycles. The maximum absolute atomic E-state index is 12.5. The largest absolute Gasteiger partial charge is 0.507 e. The Morgan fingerprint density at radius 1 is 0.725 bits per heavy atom. The normalized spacial score (nSPS) is 12.3. The lowest BCUT2D eigenvalue weighted by atomic mass is 10.0. The minimum absolute atomic E-state index is 0.0173. The fourth-order valence-electron chi connectivity index (χ4n) is 5.69. The number of ketones is 1. The van der Waals surface area contributed by atoms with Crippen molar-refractivity contribution in [1.82, 2.24) is 15.0 Å². The van der Waals surface area contributed by atoms with E-state index in [4.69, 9.17) is 14.2 Å². The highest BCUT2D eigenvalue weighted by atomic mass is 16.5. The second-order valence-electron chi connectivity index (χ2n) is 13.0. The molecule has 3 N–H and O–H groups in total. The van der Waals surface area contributed by atoms with Gasteiger partial charge < -0.3 is 29.7 Å². The first kappa shape index (κ1) is 39.1. The third kappa shape index (κ3) is 11.7. The molecule has 3 aromatic carbocycles. The lowest BCUT2D eigenvalue weighted by molar-refractivity contribution is 0.0932. The number of hydrogen-bond donors (Lipinski definition) is 3. The lowest BCUT2D eigenvalue weighted by Gasteiger charge is -2.17. The Kier molecular flexibility index (Phi) is 15.5. The smallest absolute Gasteiger partial charge is 0.231 e. The summed E-state index contributed by atoms with van der Waals surface area (Å²) in [5, 5.41) is 25.5. The van der Waals surface area contributed by atoms with Crippen molar-refractivity contribution >= 4 is 17.4 Å². The number of phenols is 2. The number of benzene rings is 3. The molecule has 10 heteroatoms. The Bertz CT molecular complexity index is 1590. The van der Waals surface area contributed by atoms with E-state index in [0.717, 1.165) is 51.4 Å². The van der Waals surface area contributed by atoms with Crippen molar-refractivity contribution in [3.63, 3.8) is 0 Å². The number of hydrogen-bond acceptors (Lipinski definition) is 10. The fourth-order valence-corrected chi connectivity index (χ4v) is 5.69. The van der Waals surface area contributed by atoms with E-state index in [1.54, 1.807) is 67.8 Å². The van der Waals surface area contributed by atoms with Crippen molar-refractivity contribution in [3.05, 3.63) is 66.2 Å². The molecule has 2 unspecified atom stereocenters. The van der Waals surface area contributed by atoms with Crippen LogP contribution in [0.1, 0.15) is 95.8 Å². The van der Waals surface area contributed by atoms with Crippen molar-refractivity contribution in [3.8, 4) is 45.8 Å². The van der Waals surface area contributed by atoms with Gasteiger partial charge in [0.25, 0.3) is 0 Å². The summed E-state index contributed by atoms with van der Waals surface area (Å²) in [6.45, 7) is 10.2. The second kappa shape index (κ2) is 20.2. The van der Waals surface area contributed by atoms with Crippen molar-refractivity contribution in [2.75, 3.05) is 32.2 Å². The zero-order chi connectivity index (χ0) is 36.6. The second-order valence-corrected chi connectivity index (χ2v) is 13.0. The number of aromatic hydroxyl groups is 2. The summed E-state index contributed by atoms with van der Waals surface area (Å²) in [5.41, 5.74) is 1.97. The van der Waals surface area contributed by atoms with Crippen molar-refractivity contribution < 1.29 is 29.2 Å². The lowest BCUT2D eigenvalue weighted by Crippen LogP contribution is -2.11. The first-order valence-corrected chi connectivity index (χ1v) is 18.4. The van der Waals surface area contributed by atoms with Gasteiger partial charge in [-0.05, 0) is 73.2 Å². The molecule has 274 valence electrons. The number of phenolic OH excluding ortho intramolecular Hbond substituents is 2. The molecule has 0 bridgehead atoms. The van der Waals surface area contributed by atoms with Crippen LogP contribution in [0, 0.1) is 11.8 Å². The molecule has 0 radical (unpaired) electrons.